The van der Waals surface area contributed by atoms with Crippen molar-refractivity contribution in [2.45, 2.75) is 39.7 Å². The molecule has 0 aliphatic carbocycles. The smallest absolute Gasteiger partial charge is 0.108 e. The quantitative estimate of drug-likeness (QED) is 0.469. The minimum atomic E-state index is 0.0987. The Kier molecular flexibility index (Phi) is 5.72. The van der Waals surface area contributed by atoms with Crippen molar-refractivity contribution in [1.29, 1.82) is 5.41 Å². The molecule has 3 nitrogen and oxygen atoms in total. The Morgan fingerprint density at radius 1 is 1.50 bits per heavy atom. The normalized spacial score (nSPS) is 13.3. The molecule has 72 valence electrons. The summed E-state index contributed by atoms with van der Waals surface area (Å²) in [5, 5.41) is 7.31. The van der Waals surface area contributed by atoms with Gasteiger partial charge in [0.15, 0.2) is 0 Å². The van der Waals surface area contributed by atoms with Crippen LogP contribution < -0.4 is 5.73 Å². The molecule has 0 fully saturated rings. The highest BCUT2D eigenvalue weighted by molar-refractivity contribution is 5.82. The fourth-order valence-corrected chi connectivity index (χ4v) is 1.18. The number of nitrogens with two attached hydrogens (primary N) is 1. The van der Waals surface area contributed by atoms with Gasteiger partial charge < -0.3 is 5.73 Å². The van der Waals surface area contributed by atoms with Crippen LogP contribution in [0.15, 0.2) is 0 Å². The summed E-state index contributed by atoms with van der Waals surface area (Å²) in [5.74, 6) is 0.271. The third-order valence-corrected chi connectivity index (χ3v) is 2.20. The fourth-order valence-electron chi connectivity index (χ4n) is 1.18. The van der Waals surface area contributed by atoms with Crippen molar-refractivity contribution in [3.8, 4) is 0 Å². The highest BCUT2D eigenvalue weighted by atomic mass is 15.2. The highest BCUT2D eigenvalue weighted by Crippen LogP contribution is 2.00. The van der Waals surface area contributed by atoms with Crippen molar-refractivity contribution >= 4 is 5.84 Å². The average molecular weight is 171 g/mol. The molecule has 1 unspecified atom stereocenters. The Morgan fingerprint density at radius 3 is 2.42 bits per heavy atom. The van der Waals surface area contributed by atoms with Crippen molar-refractivity contribution in [3.63, 3.8) is 0 Å². The molecular weight excluding hydrogens is 150 g/mol. The molecule has 0 heterocycles. The van der Waals surface area contributed by atoms with Gasteiger partial charge in [-0.1, -0.05) is 20.3 Å². The molecule has 0 rings (SSSR count). The lowest BCUT2D eigenvalue weighted by atomic mass is 10.2. The molecule has 0 aromatic carbocycles. The van der Waals surface area contributed by atoms with Gasteiger partial charge in [0.1, 0.15) is 5.84 Å². The second kappa shape index (κ2) is 6.00. The number of nitrogens with one attached hydrogen (secondary N) is 1. The van der Waals surface area contributed by atoms with Crippen LogP contribution in [0.1, 0.15) is 33.6 Å². The maximum Gasteiger partial charge on any atom is 0.108 e. The molecule has 0 radical (unpaired) electrons. The van der Waals surface area contributed by atoms with Crippen molar-refractivity contribution in [2.75, 3.05) is 13.1 Å². The molecule has 3 N–H and O–H groups in total. The third kappa shape index (κ3) is 3.72. The van der Waals surface area contributed by atoms with Crippen molar-refractivity contribution in [1.82, 2.24) is 4.90 Å². The predicted molar refractivity (Wildman–Crippen MR) is 53.5 cm³/mol. The Morgan fingerprint density at radius 2 is 2.08 bits per heavy atom. The lowest BCUT2D eigenvalue weighted by Gasteiger charge is -2.26. The molecular formula is C9H21N3. The molecule has 0 spiro atoms. The van der Waals surface area contributed by atoms with Crippen LogP contribution in [-0.4, -0.2) is 29.9 Å². The number of likely N-dealkylation sites (N-methyl/N-ethyl adjacent to an activating group) is 1. The van der Waals surface area contributed by atoms with Crippen molar-refractivity contribution < 1.29 is 0 Å². The van der Waals surface area contributed by atoms with E-state index in [4.69, 9.17) is 11.1 Å². The molecule has 0 aliphatic heterocycles. The Bertz CT molecular complexity index is 134. The van der Waals surface area contributed by atoms with Gasteiger partial charge in [-0.2, -0.15) is 0 Å². The van der Waals surface area contributed by atoms with Crippen LogP contribution >= 0.6 is 0 Å². The molecule has 0 saturated heterocycles. The summed E-state index contributed by atoms with van der Waals surface area (Å²) >= 11 is 0. The average Bonchev–Trinajstić information content (AvgIpc) is 2.05. The predicted octanol–water partition coefficient (Wildman–Crippen LogP) is 1.43. The number of nitrogens with zero attached hydrogens (tertiary/aromatic N) is 1. The third-order valence-electron chi connectivity index (χ3n) is 2.20. The van der Waals surface area contributed by atoms with Crippen LogP contribution in [0.3, 0.4) is 0 Å². The number of unbranched alkanes of at least 4 members (excludes halogenated alkanes) is 1. The van der Waals surface area contributed by atoms with E-state index in [0.29, 0.717) is 0 Å². The second-order valence-electron chi connectivity index (χ2n) is 3.11. The maximum atomic E-state index is 7.31. The van der Waals surface area contributed by atoms with Crippen LogP contribution in [0, 0.1) is 5.41 Å². The minimum absolute atomic E-state index is 0.0987. The SMILES string of the molecule is CCCCN(CC)C(C)C(=N)N. The Labute approximate surface area is 75.4 Å². The van der Waals surface area contributed by atoms with Crippen molar-refractivity contribution in [2.24, 2.45) is 5.73 Å². The van der Waals surface area contributed by atoms with Gasteiger partial charge in [-0.05, 0) is 26.4 Å². The number of amidine groups is 1. The first-order valence-corrected chi connectivity index (χ1v) is 4.71. The van der Waals surface area contributed by atoms with Gasteiger partial charge in [0.05, 0.1) is 6.04 Å². The molecule has 0 amide bonds. The zero-order chi connectivity index (χ0) is 9.56. The van der Waals surface area contributed by atoms with Crippen molar-refractivity contribution in [3.05, 3.63) is 0 Å². The maximum absolute atomic E-state index is 7.31. The van der Waals surface area contributed by atoms with E-state index in [1.54, 1.807) is 0 Å². The molecule has 0 saturated carbocycles. The molecule has 12 heavy (non-hydrogen) atoms. The van der Waals surface area contributed by atoms with E-state index in [1.165, 1.54) is 12.8 Å². The number of hydrogen-bond donors (Lipinski definition) is 2. The monoisotopic (exact) mass is 171 g/mol. The second-order valence-corrected chi connectivity index (χ2v) is 3.11. The molecule has 0 bridgehead atoms. The van der Waals surface area contributed by atoms with E-state index < -0.39 is 0 Å². The summed E-state index contributed by atoms with van der Waals surface area (Å²) in [7, 11) is 0. The van der Waals surface area contributed by atoms with Crippen LogP contribution in [0.5, 0.6) is 0 Å². The standard InChI is InChI=1S/C9H21N3/c1-4-6-7-12(5-2)8(3)9(10)11/h8H,4-7H2,1-3H3,(H3,10,11). The largest absolute Gasteiger partial charge is 0.386 e. The van der Waals surface area contributed by atoms with E-state index in [0.717, 1.165) is 13.1 Å². The first-order chi connectivity index (χ1) is 5.63. The van der Waals surface area contributed by atoms with Gasteiger partial charge in [0.2, 0.25) is 0 Å². The Balaban J connectivity index is 3.87. The van der Waals surface area contributed by atoms with Gasteiger partial charge in [0.25, 0.3) is 0 Å². The first-order valence-electron chi connectivity index (χ1n) is 4.71. The van der Waals surface area contributed by atoms with Gasteiger partial charge in [0, 0.05) is 0 Å². The zero-order valence-corrected chi connectivity index (χ0v) is 8.43. The van der Waals surface area contributed by atoms with E-state index in [1.807, 2.05) is 6.92 Å². The summed E-state index contributed by atoms with van der Waals surface area (Å²) < 4.78 is 0. The summed E-state index contributed by atoms with van der Waals surface area (Å²) in [6.07, 6.45) is 2.38. The lowest BCUT2D eigenvalue weighted by Crippen LogP contribution is -2.42. The van der Waals surface area contributed by atoms with Crippen LogP contribution in [0.4, 0.5) is 0 Å². The van der Waals surface area contributed by atoms with Crippen LogP contribution in [-0.2, 0) is 0 Å². The van der Waals surface area contributed by atoms with E-state index in [9.17, 15) is 0 Å². The molecule has 0 aromatic heterocycles. The van der Waals surface area contributed by atoms with Gasteiger partial charge in [-0.3, -0.25) is 10.3 Å². The fraction of sp³-hybridized carbons (Fsp3) is 0.889. The molecule has 1 atom stereocenters. The summed E-state index contributed by atoms with van der Waals surface area (Å²) in [6, 6.07) is 0.0987. The molecule has 0 aromatic rings. The topological polar surface area (TPSA) is 53.1 Å². The van der Waals surface area contributed by atoms with Crippen LogP contribution in [0.25, 0.3) is 0 Å². The lowest BCUT2D eigenvalue weighted by molar-refractivity contribution is 0.261. The number of rotatable bonds is 6. The van der Waals surface area contributed by atoms with E-state index in [2.05, 4.69) is 18.7 Å². The molecule has 0 aliphatic rings. The highest BCUT2D eigenvalue weighted by Gasteiger charge is 2.12. The minimum Gasteiger partial charge on any atom is -0.386 e. The summed E-state index contributed by atoms with van der Waals surface area (Å²) in [5.41, 5.74) is 5.43. The molecule has 3 heteroatoms. The van der Waals surface area contributed by atoms with Gasteiger partial charge in [-0.15, -0.1) is 0 Å². The zero-order valence-electron chi connectivity index (χ0n) is 8.43. The van der Waals surface area contributed by atoms with Crippen LogP contribution in [0.2, 0.25) is 0 Å². The Hall–Kier alpha value is -0.570. The first kappa shape index (κ1) is 11.4. The summed E-state index contributed by atoms with van der Waals surface area (Å²) in [4.78, 5) is 2.23. The van der Waals surface area contributed by atoms with Gasteiger partial charge >= 0.3 is 0 Å². The van der Waals surface area contributed by atoms with E-state index >= 15 is 0 Å². The summed E-state index contributed by atoms with van der Waals surface area (Å²) in [6.45, 7) is 8.29. The number of hydrogen-bond acceptors (Lipinski definition) is 2. The van der Waals surface area contributed by atoms with Gasteiger partial charge in [-0.25, -0.2) is 0 Å². The van der Waals surface area contributed by atoms with E-state index in [-0.39, 0.29) is 11.9 Å².